The summed E-state index contributed by atoms with van der Waals surface area (Å²) in [6.07, 6.45) is 2.38. The number of rotatable bonds is 8. The molecule has 0 aliphatic rings. The van der Waals surface area contributed by atoms with Crippen LogP contribution >= 0.6 is 0 Å². The number of benzene rings is 2. The quantitative estimate of drug-likeness (QED) is 0.623. The van der Waals surface area contributed by atoms with E-state index in [9.17, 15) is 9.18 Å². The molecular weight excluding hydrogens is 369 g/mol. The largest absolute Gasteiger partial charge is 0.441 e. The first kappa shape index (κ1) is 20.7. The third-order valence-corrected chi connectivity index (χ3v) is 4.80. The lowest BCUT2D eigenvalue weighted by atomic mass is 10.1. The monoisotopic (exact) mass is 395 g/mol. The van der Waals surface area contributed by atoms with Crippen molar-refractivity contribution in [1.29, 1.82) is 0 Å². The number of likely N-dealkylation sites (N-methyl/N-ethyl adjacent to an activating group) is 1. The van der Waals surface area contributed by atoms with Crippen molar-refractivity contribution < 1.29 is 13.6 Å². The molecule has 0 fully saturated rings. The Hall–Kier alpha value is -2.99. The van der Waals surface area contributed by atoms with E-state index >= 15 is 0 Å². The average molecular weight is 395 g/mol. The van der Waals surface area contributed by atoms with Crippen LogP contribution in [0.4, 0.5) is 4.39 Å². The fourth-order valence-corrected chi connectivity index (χ4v) is 3.11. The molecule has 1 amide bonds. The number of amides is 1. The second-order valence-electron chi connectivity index (χ2n) is 7.32. The van der Waals surface area contributed by atoms with Gasteiger partial charge in [0.2, 0.25) is 5.91 Å². The molecule has 3 rings (SSSR count). The average Bonchev–Trinajstić information content (AvgIpc) is 3.16. The molecule has 5 nitrogen and oxygen atoms in total. The highest BCUT2D eigenvalue weighted by molar-refractivity contribution is 5.76. The SMILES string of the molecule is Cc1ccc(-c2cnc(CCC(=O)NCC(c3cccc(F)c3)N(C)C)o2)cc1. The third kappa shape index (κ3) is 5.74. The Morgan fingerprint density at radius 3 is 2.66 bits per heavy atom. The van der Waals surface area contributed by atoms with E-state index < -0.39 is 0 Å². The number of carbonyl (C=O) groups excluding carboxylic acids is 1. The summed E-state index contributed by atoms with van der Waals surface area (Å²) in [7, 11) is 3.81. The fraction of sp³-hybridized carbons (Fsp3) is 0.304. The lowest BCUT2D eigenvalue weighted by Crippen LogP contribution is -2.34. The van der Waals surface area contributed by atoms with Crippen molar-refractivity contribution >= 4 is 5.91 Å². The van der Waals surface area contributed by atoms with Crippen LogP contribution in [0, 0.1) is 12.7 Å². The molecule has 0 saturated carbocycles. The number of nitrogens with zero attached hydrogens (tertiary/aromatic N) is 2. The smallest absolute Gasteiger partial charge is 0.220 e. The molecule has 1 N–H and O–H groups in total. The topological polar surface area (TPSA) is 58.4 Å². The number of halogens is 1. The maximum absolute atomic E-state index is 13.5. The molecule has 1 atom stereocenters. The van der Waals surface area contributed by atoms with Gasteiger partial charge in [-0.15, -0.1) is 0 Å². The molecule has 0 aliphatic carbocycles. The summed E-state index contributed by atoms with van der Waals surface area (Å²) < 4.78 is 19.3. The van der Waals surface area contributed by atoms with Crippen molar-refractivity contribution in [3.63, 3.8) is 0 Å². The summed E-state index contributed by atoms with van der Waals surface area (Å²) in [6, 6.07) is 14.3. The highest BCUT2D eigenvalue weighted by Crippen LogP contribution is 2.21. The minimum absolute atomic E-state index is 0.0941. The van der Waals surface area contributed by atoms with E-state index in [2.05, 4.69) is 10.3 Å². The zero-order valence-corrected chi connectivity index (χ0v) is 17.0. The van der Waals surface area contributed by atoms with E-state index in [1.807, 2.05) is 56.3 Å². The van der Waals surface area contributed by atoms with Gasteiger partial charge in [-0.3, -0.25) is 4.79 Å². The highest BCUT2D eigenvalue weighted by Gasteiger charge is 2.16. The zero-order chi connectivity index (χ0) is 20.8. The maximum atomic E-state index is 13.5. The van der Waals surface area contributed by atoms with Gasteiger partial charge in [-0.05, 0) is 38.7 Å². The van der Waals surface area contributed by atoms with E-state index in [1.165, 1.54) is 17.7 Å². The van der Waals surface area contributed by atoms with Gasteiger partial charge in [0.05, 0.1) is 12.2 Å². The van der Waals surface area contributed by atoms with Crippen LogP contribution in [-0.2, 0) is 11.2 Å². The molecule has 0 saturated heterocycles. The molecule has 1 heterocycles. The lowest BCUT2D eigenvalue weighted by Gasteiger charge is -2.25. The Morgan fingerprint density at radius 1 is 1.21 bits per heavy atom. The Kier molecular flexibility index (Phi) is 6.77. The van der Waals surface area contributed by atoms with Crippen molar-refractivity contribution in [3.8, 4) is 11.3 Å². The summed E-state index contributed by atoms with van der Waals surface area (Å²) in [4.78, 5) is 18.5. The summed E-state index contributed by atoms with van der Waals surface area (Å²) in [6.45, 7) is 2.43. The van der Waals surface area contributed by atoms with Crippen LogP contribution in [-0.4, -0.2) is 36.4 Å². The zero-order valence-electron chi connectivity index (χ0n) is 17.0. The van der Waals surface area contributed by atoms with Crippen LogP contribution in [0.1, 0.15) is 29.5 Å². The Morgan fingerprint density at radius 2 is 1.97 bits per heavy atom. The number of nitrogens with one attached hydrogen (secondary N) is 1. The van der Waals surface area contributed by atoms with E-state index in [-0.39, 0.29) is 24.2 Å². The van der Waals surface area contributed by atoms with E-state index in [0.29, 0.717) is 24.6 Å². The minimum atomic E-state index is -0.283. The van der Waals surface area contributed by atoms with Gasteiger partial charge >= 0.3 is 0 Å². The van der Waals surface area contributed by atoms with Crippen molar-refractivity contribution in [2.45, 2.75) is 25.8 Å². The van der Waals surface area contributed by atoms with E-state index in [4.69, 9.17) is 4.42 Å². The number of aromatic nitrogens is 1. The molecule has 3 aromatic rings. The molecule has 0 radical (unpaired) electrons. The predicted molar refractivity (Wildman–Crippen MR) is 111 cm³/mol. The molecule has 0 spiro atoms. The second-order valence-corrected chi connectivity index (χ2v) is 7.32. The maximum Gasteiger partial charge on any atom is 0.220 e. The number of aryl methyl sites for hydroxylation is 2. The first-order chi connectivity index (χ1) is 13.9. The van der Waals surface area contributed by atoms with Crippen LogP contribution in [0.5, 0.6) is 0 Å². The molecule has 6 heteroatoms. The normalized spacial score (nSPS) is 12.2. The first-order valence-electron chi connectivity index (χ1n) is 9.62. The standard InChI is InChI=1S/C23H26FN3O2/c1-16-7-9-17(10-8-16)21-15-26-23(29-21)12-11-22(28)25-14-20(27(2)3)18-5-4-6-19(24)13-18/h4-10,13,15,20H,11-12,14H2,1-3H3,(H,25,28). The van der Waals surface area contributed by atoms with Gasteiger partial charge in [0.1, 0.15) is 5.82 Å². The highest BCUT2D eigenvalue weighted by atomic mass is 19.1. The van der Waals surface area contributed by atoms with Crippen LogP contribution in [0.15, 0.2) is 59.1 Å². The van der Waals surface area contributed by atoms with E-state index in [0.717, 1.165) is 11.1 Å². The van der Waals surface area contributed by atoms with E-state index in [1.54, 1.807) is 12.3 Å². The Bertz CT molecular complexity index is 951. The minimum Gasteiger partial charge on any atom is -0.441 e. The van der Waals surface area contributed by atoms with Crippen LogP contribution in [0.25, 0.3) is 11.3 Å². The molecule has 1 unspecified atom stereocenters. The van der Waals surface area contributed by atoms with Crippen LogP contribution < -0.4 is 5.32 Å². The van der Waals surface area contributed by atoms with Crippen molar-refractivity contribution in [2.24, 2.45) is 0 Å². The van der Waals surface area contributed by atoms with Crippen LogP contribution in [0.2, 0.25) is 0 Å². The number of hydrogen-bond donors (Lipinski definition) is 1. The van der Waals surface area contributed by atoms with Gasteiger partial charge in [-0.2, -0.15) is 0 Å². The van der Waals surface area contributed by atoms with Crippen molar-refractivity contribution in [3.05, 3.63) is 77.6 Å². The van der Waals surface area contributed by atoms with Gasteiger partial charge in [-0.25, -0.2) is 9.37 Å². The van der Waals surface area contributed by atoms with Gasteiger partial charge in [0.25, 0.3) is 0 Å². The van der Waals surface area contributed by atoms with Crippen molar-refractivity contribution in [2.75, 3.05) is 20.6 Å². The van der Waals surface area contributed by atoms with Crippen molar-refractivity contribution in [1.82, 2.24) is 15.2 Å². The number of hydrogen-bond acceptors (Lipinski definition) is 4. The summed E-state index contributed by atoms with van der Waals surface area (Å²) in [5.74, 6) is 0.849. The van der Waals surface area contributed by atoms with Gasteiger partial charge < -0.3 is 14.6 Å². The molecular formula is C23H26FN3O2. The second kappa shape index (κ2) is 9.47. The fourth-order valence-electron chi connectivity index (χ4n) is 3.11. The summed E-state index contributed by atoms with van der Waals surface area (Å²) >= 11 is 0. The molecule has 0 aliphatic heterocycles. The molecule has 2 aromatic carbocycles. The van der Waals surface area contributed by atoms with Gasteiger partial charge in [-0.1, -0.05) is 42.0 Å². The Balaban J connectivity index is 1.52. The van der Waals surface area contributed by atoms with Gasteiger partial charge in [0.15, 0.2) is 11.7 Å². The lowest BCUT2D eigenvalue weighted by molar-refractivity contribution is -0.121. The number of oxazole rings is 1. The van der Waals surface area contributed by atoms with Gasteiger partial charge in [0, 0.05) is 24.9 Å². The van der Waals surface area contributed by atoms with Crippen LogP contribution in [0.3, 0.4) is 0 Å². The molecule has 152 valence electrons. The Labute approximate surface area is 170 Å². The number of carbonyl (C=O) groups is 1. The molecule has 0 bridgehead atoms. The molecule has 29 heavy (non-hydrogen) atoms. The third-order valence-electron chi connectivity index (χ3n) is 4.80. The summed E-state index contributed by atoms with van der Waals surface area (Å²) in [5, 5.41) is 2.92. The predicted octanol–water partition coefficient (Wildman–Crippen LogP) is 4.14. The first-order valence-corrected chi connectivity index (χ1v) is 9.62. The summed E-state index contributed by atoms with van der Waals surface area (Å²) in [5.41, 5.74) is 2.97. The molecule has 1 aromatic heterocycles.